The molecule has 0 spiro atoms. The molecule has 330 valence electrons. The number of methoxy groups -OCH3 is 3. The number of hydrogen-bond donors (Lipinski definition) is 3. The van der Waals surface area contributed by atoms with Crippen LogP contribution in [0.2, 0.25) is 0 Å². The number of aromatic hydroxyl groups is 1. The molecule has 1 heterocycles. The Bertz CT molecular complexity index is 1750. The molecule has 1 saturated heterocycles. The van der Waals surface area contributed by atoms with Crippen molar-refractivity contribution >= 4 is 41.4 Å². The maximum absolute atomic E-state index is 12.6. The highest BCUT2D eigenvalue weighted by Gasteiger charge is 2.33. The summed E-state index contributed by atoms with van der Waals surface area (Å²) in [5.41, 5.74) is 7.83. The monoisotopic (exact) mass is 852 g/mol. The Kier molecular flexibility index (Phi) is 22.4. The molecule has 0 bridgehead atoms. The fraction of sp³-hybridized carbons (Fsp3) is 0.522. The number of hydrogen-bond acceptors (Lipinski definition) is 13. The van der Waals surface area contributed by atoms with Crippen LogP contribution in [0.5, 0.6) is 28.7 Å². The van der Waals surface area contributed by atoms with E-state index in [2.05, 4.69) is 24.0 Å². The van der Waals surface area contributed by atoms with Crippen LogP contribution in [0.3, 0.4) is 0 Å². The van der Waals surface area contributed by atoms with Gasteiger partial charge in [-0.25, -0.2) is 4.79 Å². The number of benzene rings is 2. The first kappa shape index (κ1) is 49.6. The molecule has 0 aromatic heterocycles. The molecule has 14 heteroatoms. The van der Waals surface area contributed by atoms with Crippen LogP contribution in [0.1, 0.15) is 114 Å². The first-order chi connectivity index (χ1) is 29.0. The summed E-state index contributed by atoms with van der Waals surface area (Å²) in [7, 11) is 6.14. The van der Waals surface area contributed by atoms with Gasteiger partial charge in [0.25, 0.3) is 11.8 Å². The molecule has 13 nitrogen and oxygen atoms in total. The number of ketones is 1. The summed E-state index contributed by atoms with van der Waals surface area (Å²) >= 11 is 1.57. The lowest BCUT2D eigenvalue weighted by molar-refractivity contribution is -0.197. The fourth-order valence-electron chi connectivity index (χ4n) is 7.26. The molecule has 3 unspecified atom stereocenters. The van der Waals surface area contributed by atoms with Crippen molar-refractivity contribution in [1.29, 1.82) is 0 Å². The van der Waals surface area contributed by atoms with Gasteiger partial charge in [-0.2, -0.15) is 0 Å². The predicted molar refractivity (Wildman–Crippen MR) is 233 cm³/mol. The minimum atomic E-state index is -0.920. The van der Waals surface area contributed by atoms with E-state index in [4.69, 9.17) is 23.8 Å². The standard InChI is InChI=1S/C25H35NO5.C20H24O6S.CH5N/c27-22(11-6-12-25(30)31-26-23(28)17-18-24(26)29)21-10-5-9-20(15-16-21)14-13-19-7-3-1-2-4-8-19;1-13(21)26-20-9-14(5-6-17(20)23-2)12-27-8-7-16-18(24-3)10-15(22)11-19(16)25-4;1-2/h1,3,8,20-21H,2,4-7,9-18H2;5-11,13,21-22H,12H2,1-4H3;2H2,1H3/b;8-7+;. The van der Waals surface area contributed by atoms with Crippen LogP contribution in [0.4, 0.5) is 0 Å². The van der Waals surface area contributed by atoms with E-state index in [1.807, 2.05) is 29.7 Å². The van der Waals surface area contributed by atoms with Crippen LogP contribution < -0.4 is 24.7 Å². The summed E-state index contributed by atoms with van der Waals surface area (Å²) in [6.07, 6.45) is 20.0. The van der Waals surface area contributed by atoms with Gasteiger partial charge in [0.15, 0.2) is 17.8 Å². The third-order valence-corrected chi connectivity index (χ3v) is 11.2. The van der Waals surface area contributed by atoms with Crippen LogP contribution in [0, 0.1) is 11.8 Å². The lowest BCUT2D eigenvalue weighted by Gasteiger charge is -2.16. The number of phenolic OH excluding ortho intramolecular Hbond substituents is 1. The van der Waals surface area contributed by atoms with E-state index in [0.717, 1.165) is 56.1 Å². The van der Waals surface area contributed by atoms with E-state index in [1.54, 1.807) is 45.6 Å². The normalized spacial score (nSPS) is 18.2. The largest absolute Gasteiger partial charge is 0.508 e. The molecule has 2 aromatic rings. The highest BCUT2D eigenvalue weighted by Crippen LogP contribution is 2.36. The third-order valence-electron chi connectivity index (χ3n) is 10.4. The second-order valence-electron chi connectivity index (χ2n) is 14.7. The number of allylic oxidation sites excluding steroid dienone is 4. The van der Waals surface area contributed by atoms with Crippen LogP contribution in [0.15, 0.2) is 59.5 Å². The minimum Gasteiger partial charge on any atom is -0.508 e. The third kappa shape index (κ3) is 16.7. The summed E-state index contributed by atoms with van der Waals surface area (Å²) in [5.74, 6) is 2.36. The Morgan fingerprint density at radius 3 is 2.27 bits per heavy atom. The van der Waals surface area contributed by atoms with Crippen molar-refractivity contribution in [2.45, 2.75) is 115 Å². The molecule has 3 atom stereocenters. The molecule has 0 radical (unpaired) electrons. The number of rotatable bonds is 18. The van der Waals surface area contributed by atoms with Crippen LogP contribution in [0.25, 0.3) is 6.08 Å². The Hall–Kier alpha value is -4.79. The van der Waals surface area contributed by atoms with Gasteiger partial charge in [-0.1, -0.05) is 42.7 Å². The van der Waals surface area contributed by atoms with E-state index in [0.29, 0.717) is 52.6 Å². The number of hydroxylamine groups is 2. The quantitative estimate of drug-likeness (QED) is 0.0561. The summed E-state index contributed by atoms with van der Waals surface area (Å²) in [6, 6.07) is 8.67. The molecular weight excluding hydrogens is 789 g/mol. The Balaban J connectivity index is 0.000000311. The Morgan fingerprint density at radius 1 is 0.900 bits per heavy atom. The number of ether oxygens (including phenoxy) is 4. The second kappa shape index (κ2) is 27.1. The first-order valence-electron chi connectivity index (χ1n) is 20.8. The van der Waals surface area contributed by atoms with E-state index in [9.17, 15) is 29.4 Å². The number of thioether (sulfide) groups is 1. The first-order valence-corrected chi connectivity index (χ1v) is 21.8. The van der Waals surface area contributed by atoms with Crippen LogP contribution >= 0.6 is 11.8 Å². The molecule has 2 amide bonds. The van der Waals surface area contributed by atoms with Crippen LogP contribution in [-0.2, 0) is 29.8 Å². The van der Waals surface area contributed by atoms with Crippen molar-refractivity contribution in [2.24, 2.45) is 17.6 Å². The molecule has 1 aliphatic heterocycles. The van der Waals surface area contributed by atoms with Crippen molar-refractivity contribution in [1.82, 2.24) is 5.06 Å². The molecule has 1 saturated carbocycles. The van der Waals surface area contributed by atoms with Gasteiger partial charge in [0.1, 0.15) is 23.0 Å². The zero-order chi connectivity index (χ0) is 43.9. The number of carbonyl (C=O) groups is 4. The van der Waals surface area contributed by atoms with E-state index in [-0.39, 0.29) is 36.7 Å². The van der Waals surface area contributed by atoms with Gasteiger partial charge < -0.3 is 39.7 Å². The smallest absolute Gasteiger partial charge is 0.333 e. The Morgan fingerprint density at radius 2 is 1.60 bits per heavy atom. The molecule has 2 aliphatic carbocycles. The average molecular weight is 853 g/mol. The van der Waals surface area contributed by atoms with Crippen molar-refractivity contribution in [3.8, 4) is 28.7 Å². The minimum absolute atomic E-state index is 0.0434. The number of amides is 2. The van der Waals surface area contributed by atoms with E-state index < -0.39 is 24.1 Å². The molecule has 3 aliphatic rings. The maximum atomic E-state index is 12.6. The average Bonchev–Trinajstić information content (AvgIpc) is 3.47. The summed E-state index contributed by atoms with van der Waals surface area (Å²) < 4.78 is 21.2. The number of nitrogens with zero attached hydrogens (tertiary/aromatic N) is 1. The summed E-state index contributed by atoms with van der Waals surface area (Å²) in [5, 5.41) is 21.6. The highest BCUT2D eigenvalue weighted by atomic mass is 32.2. The number of Topliss-reactive ketones (excluding diaryl/α,β-unsaturated/α-hetero) is 1. The SMILES string of the molecule is CN.COc1ccc(CS/C=C/c2c(OC)cc(O)cc2OC)cc1OC(C)O.O=C(CCCC(=O)C1CCCC(CCC2=CCCC=CC2)CC1)ON1C(=O)CCC1=O. The topological polar surface area (TPSA) is 184 Å². The molecule has 2 fully saturated rings. The number of carbonyl (C=O) groups excluding carboxylic acids is 4. The Labute approximate surface area is 359 Å². The van der Waals surface area contributed by atoms with E-state index in [1.165, 1.54) is 38.4 Å². The number of aliphatic hydroxyl groups is 1. The lowest BCUT2D eigenvalue weighted by Crippen LogP contribution is -2.32. The molecule has 4 N–H and O–H groups in total. The molecule has 5 rings (SSSR count). The van der Waals surface area contributed by atoms with Gasteiger partial charge in [0, 0.05) is 49.5 Å². The van der Waals surface area contributed by atoms with Crippen molar-refractivity contribution in [3.63, 3.8) is 0 Å². The summed E-state index contributed by atoms with van der Waals surface area (Å²) in [6.45, 7) is 1.54. The van der Waals surface area contributed by atoms with Gasteiger partial charge in [-0.05, 0) is 107 Å². The number of nitrogens with two attached hydrogens (primary N) is 1. The molecule has 2 aromatic carbocycles. The van der Waals surface area contributed by atoms with E-state index >= 15 is 0 Å². The van der Waals surface area contributed by atoms with Gasteiger partial charge in [0.05, 0.1) is 26.9 Å². The van der Waals surface area contributed by atoms with Crippen molar-refractivity contribution in [3.05, 3.63) is 70.7 Å². The van der Waals surface area contributed by atoms with Crippen LogP contribution in [-0.4, -0.2) is 73.5 Å². The van der Waals surface area contributed by atoms with Crippen molar-refractivity contribution < 1.29 is 53.2 Å². The van der Waals surface area contributed by atoms with Gasteiger partial charge in [-0.15, -0.1) is 16.8 Å². The number of imide groups is 1. The zero-order valence-electron chi connectivity index (χ0n) is 35.8. The maximum Gasteiger partial charge on any atom is 0.333 e. The highest BCUT2D eigenvalue weighted by molar-refractivity contribution is 8.01. The van der Waals surface area contributed by atoms with Gasteiger partial charge in [0.2, 0.25) is 0 Å². The molecule has 60 heavy (non-hydrogen) atoms. The van der Waals surface area contributed by atoms with Gasteiger partial charge in [-0.3, -0.25) is 14.4 Å². The number of aliphatic hydroxyl groups excluding tert-OH is 1. The molecular formula is C46H64N2O11S. The van der Waals surface area contributed by atoms with Gasteiger partial charge >= 0.3 is 5.97 Å². The lowest BCUT2D eigenvalue weighted by atomic mass is 9.90. The summed E-state index contributed by atoms with van der Waals surface area (Å²) in [4.78, 5) is 52.4. The fourth-order valence-corrected chi connectivity index (χ4v) is 7.96. The number of phenols is 1. The zero-order valence-corrected chi connectivity index (χ0v) is 36.6. The second-order valence-corrected chi connectivity index (χ2v) is 15.6. The van der Waals surface area contributed by atoms with Crippen molar-refractivity contribution in [2.75, 3.05) is 28.4 Å². The predicted octanol–water partition coefficient (Wildman–Crippen LogP) is 8.59.